The van der Waals surface area contributed by atoms with Crippen molar-refractivity contribution in [2.45, 2.75) is 18.7 Å². The average molecular weight is 370 g/mol. The standard InChI is InChI=1S/C21H26N2O4/c1-25-18-9-13-7-8-23-20(16(13)10-19(18)26-2)14(11-24)12-27-21(23)15-5-3-4-6-17(15)22/h3-6,9-10,14-15,20-22,24H,7-8,11-12H2,1-2H3. The number of hydrogen-bond acceptors (Lipinski definition) is 6. The van der Waals surface area contributed by atoms with E-state index in [4.69, 9.17) is 19.6 Å². The van der Waals surface area contributed by atoms with Crippen molar-refractivity contribution in [1.29, 1.82) is 5.41 Å². The van der Waals surface area contributed by atoms with Crippen molar-refractivity contribution in [3.05, 3.63) is 47.6 Å². The van der Waals surface area contributed by atoms with Gasteiger partial charge in [-0.05, 0) is 35.8 Å². The summed E-state index contributed by atoms with van der Waals surface area (Å²) in [6, 6.07) is 4.12. The van der Waals surface area contributed by atoms with E-state index in [9.17, 15) is 5.11 Å². The molecule has 0 amide bonds. The Balaban J connectivity index is 1.74. The molecular weight excluding hydrogens is 344 g/mol. The maximum atomic E-state index is 10.0. The van der Waals surface area contributed by atoms with Crippen LogP contribution in [0.15, 0.2) is 36.4 Å². The Bertz CT molecular complexity index is 789. The zero-order valence-electron chi connectivity index (χ0n) is 15.7. The molecular formula is C21H26N2O4. The van der Waals surface area contributed by atoms with Crippen LogP contribution in [0.1, 0.15) is 17.2 Å². The average Bonchev–Trinajstić information content (AvgIpc) is 2.72. The second-order valence-electron chi connectivity index (χ2n) is 7.23. The van der Waals surface area contributed by atoms with Crippen molar-refractivity contribution < 1.29 is 19.3 Å². The van der Waals surface area contributed by atoms with Gasteiger partial charge in [-0.1, -0.05) is 18.2 Å². The summed E-state index contributed by atoms with van der Waals surface area (Å²) in [7, 11) is 3.29. The number of fused-ring (bicyclic) bond motifs is 3. The monoisotopic (exact) mass is 370 g/mol. The molecule has 144 valence electrons. The summed E-state index contributed by atoms with van der Waals surface area (Å²) in [5.74, 6) is 1.32. The molecule has 6 nitrogen and oxygen atoms in total. The minimum atomic E-state index is -0.201. The lowest BCUT2D eigenvalue weighted by molar-refractivity contribution is -0.169. The Hall–Kier alpha value is -2.15. The first-order chi connectivity index (χ1) is 13.2. The largest absolute Gasteiger partial charge is 0.493 e. The van der Waals surface area contributed by atoms with Crippen molar-refractivity contribution in [1.82, 2.24) is 4.90 Å². The first-order valence-corrected chi connectivity index (χ1v) is 9.34. The van der Waals surface area contributed by atoms with Crippen molar-refractivity contribution >= 4 is 5.71 Å². The Morgan fingerprint density at radius 3 is 2.70 bits per heavy atom. The molecule has 6 heteroatoms. The maximum Gasteiger partial charge on any atom is 0.161 e. The summed E-state index contributed by atoms with van der Waals surface area (Å²) in [5.41, 5.74) is 2.94. The normalized spacial score (nSPS) is 30.0. The molecule has 0 spiro atoms. The fourth-order valence-electron chi connectivity index (χ4n) is 4.48. The van der Waals surface area contributed by atoms with Crippen molar-refractivity contribution in [2.75, 3.05) is 34.0 Å². The van der Waals surface area contributed by atoms with Crippen LogP contribution < -0.4 is 9.47 Å². The van der Waals surface area contributed by atoms with Crippen LogP contribution in [0.25, 0.3) is 0 Å². The molecule has 27 heavy (non-hydrogen) atoms. The van der Waals surface area contributed by atoms with Gasteiger partial charge in [0, 0.05) is 30.8 Å². The Labute approximate surface area is 159 Å². The molecule has 4 unspecified atom stereocenters. The highest BCUT2D eigenvalue weighted by Crippen LogP contribution is 2.45. The van der Waals surface area contributed by atoms with Gasteiger partial charge in [-0.15, -0.1) is 0 Å². The molecule has 4 atom stereocenters. The Morgan fingerprint density at radius 2 is 2.00 bits per heavy atom. The van der Waals surface area contributed by atoms with E-state index in [1.54, 1.807) is 14.2 Å². The number of benzene rings is 1. The lowest BCUT2D eigenvalue weighted by Crippen LogP contribution is -2.56. The summed E-state index contributed by atoms with van der Waals surface area (Å²) in [5, 5.41) is 18.3. The van der Waals surface area contributed by atoms with Gasteiger partial charge >= 0.3 is 0 Å². The number of rotatable bonds is 4. The smallest absolute Gasteiger partial charge is 0.161 e. The third-order valence-corrected chi connectivity index (χ3v) is 5.82. The third kappa shape index (κ3) is 3.08. The lowest BCUT2D eigenvalue weighted by atomic mass is 9.81. The van der Waals surface area contributed by atoms with Gasteiger partial charge in [-0.2, -0.15) is 0 Å². The summed E-state index contributed by atoms with van der Waals surface area (Å²) in [6.07, 6.45) is 8.39. The molecule has 1 fully saturated rings. The molecule has 0 saturated carbocycles. The molecule has 0 radical (unpaired) electrons. The van der Waals surface area contributed by atoms with Crippen LogP contribution in [-0.2, 0) is 11.2 Å². The predicted molar refractivity (Wildman–Crippen MR) is 103 cm³/mol. The summed E-state index contributed by atoms with van der Waals surface area (Å²) < 4.78 is 17.1. The van der Waals surface area contributed by atoms with Gasteiger partial charge in [0.05, 0.1) is 26.7 Å². The molecule has 0 aromatic heterocycles. The van der Waals surface area contributed by atoms with E-state index in [1.807, 2.05) is 30.4 Å². The van der Waals surface area contributed by atoms with Crippen LogP contribution in [0.5, 0.6) is 11.5 Å². The van der Waals surface area contributed by atoms with Gasteiger partial charge in [-0.25, -0.2) is 0 Å². The Kier molecular flexibility index (Phi) is 5.04. The fraction of sp³-hybridized carbons (Fsp3) is 0.476. The zero-order chi connectivity index (χ0) is 19.0. The number of nitrogens with one attached hydrogen (secondary N) is 1. The van der Waals surface area contributed by atoms with Crippen molar-refractivity contribution in [3.63, 3.8) is 0 Å². The predicted octanol–water partition coefficient (Wildman–Crippen LogP) is 2.33. The number of methoxy groups -OCH3 is 2. The number of aliphatic hydroxyl groups excluding tert-OH is 1. The van der Waals surface area contributed by atoms with E-state index in [0.29, 0.717) is 18.1 Å². The molecule has 1 aromatic rings. The fourth-order valence-corrected chi connectivity index (χ4v) is 4.48. The molecule has 0 bridgehead atoms. The van der Waals surface area contributed by atoms with Gasteiger partial charge in [0.2, 0.25) is 0 Å². The number of hydrogen-bond donors (Lipinski definition) is 2. The van der Waals surface area contributed by atoms with Gasteiger partial charge in [0.15, 0.2) is 11.5 Å². The molecule has 1 saturated heterocycles. The van der Waals surface area contributed by atoms with Crippen LogP contribution in [0, 0.1) is 17.2 Å². The topological polar surface area (TPSA) is 75.0 Å². The molecule has 1 aliphatic carbocycles. The van der Waals surface area contributed by atoms with Gasteiger partial charge in [0.25, 0.3) is 0 Å². The molecule has 1 aromatic carbocycles. The SMILES string of the molecule is COc1cc2c(cc1OC)C1C(CO)COC(C3C=CC=CC3=N)N1CC2. The zero-order valence-corrected chi connectivity index (χ0v) is 15.7. The second-order valence-corrected chi connectivity index (χ2v) is 7.23. The van der Waals surface area contributed by atoms with Crippen LogP contribution in [-0.4, -0.2) is 55.9 Å². The van der Waals surface area contributed by atoms with Gasteiger partial charge in [0.1, 0.15) is 6.23 Å². The van der Waals surface area contributed by atoms with Crippen LogP contribution in [0.2, 0.25) is 0 Å². The number of aliphatic hydroxyl groups is 1. The first-order valence-electron chi connectivity index (χ1n) is 9.34. The maximum absolute atomic E-state index is 10.0. The van der Waals surface area contributed by atoms with E-state index in [0.717, 1.165) is 24.3 Å². The van der Waals surface area contributed by atoms with E-state index < -0.39 is 0 Å². The highest BCUT2D eigenvalue weighted by Gasteiger charge is 2.45. The first kappa shape index (κ1) is 18.2. The van der Waals surface area contributed by atoms with E-state index >= 15 is 0 Å². The number of nitrogens with zero attached hydrogens (tertiary/aromatic N) is 1. The minimum absolute atomic E-state index is 0.0179. The second kappa shape index (κ2) is 7.46. The lowest BCUT2D eigenvalue weighted by Gasteiger charge is -2.50. The van der Waals surface area contributed by atoms with Crippen molar-refractivity contribution in [2.24, 2.45) is 11.8 Å². The molecule has 4 rings (SSSR count). The van der Waals surface area contributed by atoms with E-state index in [1.165, 1.54) is 5.56 Å². The van der Waals surface area contributed by atoms with Crippen LogP contribution >= 0.6 is 0 Å². The molecule has 2 N–H and O–H groups in total. The number of ether oxygens (including phenoxy) is 3. The van der Waals surface area contributed by atoms with Gasteiger partial charge < -0.3 is 24.7 Å². The summed E-state index contributed by atoms with van der Waals surface area (Å²) in [4.78, 5) is 2.31. The Morgan fingerprint density at radius 1 is 1.22 bits per heavy atom. The highest BCUT2D eigenvalue weighted by molar-refractivity contribution is 5.97. The molecule has 2 heterocycles. The summed E-state index contributed by atoms with van der Waals surface area (Å²) in [6.45, 7) is 1.34. The summed E-state index contributed by atoms with van der Waals surface area (Å²) >= 11 is 0. The van der Waals surface area contributed by atoms with Gasteiger partial charge in [-0.3, -0.25) is 4.90 Å². The van der Waals surface area contributed by atoms with Crippen LogP contribution in [0.3, 0.4) is 0 Å². The molecule has 3 aliphatic rings. The van der Waals surface area contributed by atoms with Crippen molar-refractivity contribution in [3.8, 4) is 11.5 Å². The molecule has 2 aliphatic heterocycles. The van der Waals surface area contributed by atoms with E-state index in [2.05, 4.69) is 11.0 Å². The van der Waals surface area contributed by atoms with Crippen LogP contribution in [0.4, 0.5) is 0 Å². The highest BCUT2D eigenvalue weighted by atomic mass is 16.5. The van der Waals surface area contributed by atoms with E-state index in [-0.39, 0.29) is 30.7 Å². The third-order valence-electron chi connectivity index (χ3n) is 5.82. The quantitative estimate of drug-likeness (QED) is 0.851. The number of allylic oxidation sites excluding steroid dienone is 3. The minimum Gasteiger partial charge on any atom is -0.493 e.